The molecule has 0 saturated heterocycles. The van der Waals surface area contributed by atoms with Crippen LogP contribution in [0.4, 0.5) is 0 Å². The molecule has 0 saturated carbocycles. The van der Waals surface area contributed by atoms with E-state index in [1.54, 1.807) is 18.3 Å². The summed E-state index contributed by atoms with van der Waals surface area (Å²) >= 11 is 10.9. The Morgan fingerprint density at radius 1 is 1.55 bits per heavy atom. The first-order valence-corrected chi connectivity index (χ1v) is 6.97. The van der Waals surface area contributed by atoms with Crippen LogP contribution in [0.25, 0.3) is 0 Å². The van der Waals surface area contributed by atoms with E-state index < -0.39 is 0 Å². The fraction of sp³-hybridized carbons (Fsp3) is 0.385. The Morgan fingerprint density at radius 2 is 2.25 bits per heavy atom. The zero-order chi connectivity index (χ0) is 15.1. The molecule has 0 atom stereocenters. The van der Waals surface area contributed by atoms with Gasteiger partial charge in [0, 0.05) is 6.04 Å². The van der Waals surface area contributed by atoms with Crippen molar-refractivity contribution in [2.24, 2.45) is 5.10 Å². The fourth-order valence-electron chi connectivity index (χ4n) is 1.39. The highest BCUT2D eigenvalue weighted by Gasteiger charge is 2.08. The average molecular weight is 316 g/mol. The van der Waals surface area contributed by atoms with Crippen LogP contribution in [0.5, 0.6) is 11.5 Å². The number of hydrazone groups is 1. The molecule has 110 valence electrons. The van der Waals surface area contributed by atoms with Crippen LogP contribution in [0.2, 0.25) is 5.02 Å². The van der Waals surface area contributed by atoms with Crippen LogP contribution in [0, 0.1) is 0 Å². The van der Waals surface area contributed by atoms with Gasteiger partial charge in [-0.1, -0.05) is 11.6 Å². The van der Waals surface area contributed by atoms with Gasteiger partial charge in [-0.25, -0.2) is 0 Å². The van der Waals surface area contributed by atoms with Crippen LogP contribution in [0.15, 0.2) is 17.2 Å². The number of ether oxygens (including phenoxy) is 1. The summed E-state index contributed by atoms with van der Waals surface area (Å²) < 4.78 is 5.28. The van der Waals surface area contributed by atoms with Gasteiger partial charge in [-0.15, -0.1) is 0 Å². The number of benzene rings is 1. The highest BCUT2D eigenvalue weighted by Crippen LogP contribution is 2.34. The van der Waals surface area contributed by atoms with Crippen molar-refractivity contribution in [3.05, 3.63) is 22.7 Å². The Kier molecular flexibility index (Phi) is 6.54. The van der Waals surface area contributed by atoms with Crippen molar-refractivity contribution in [1.29, 1.82) is 0 Å². The molecule has 3 N–H and O–H groups in total. The van der Waals surface area contributed by atoms with Gasteiger partial charge in [0.2, 0.25) is 0 Å². The molecule has 0 radical (unpaired) electrons. The van der Waals surface area contributed by atoms with Crippen molar-refractivity contribution in [1.82, 2.24) is 10.7 Å². The molecule has 0 aliphatic heterocycles. The van der Waals surface area contributed by atoms with Gasteiger partial charge < -0.3 is 15.2 Å². The number of hydrogen-bond donors (Lipinski definition) is 3. The van der Waals surface area contributed by atoms with Gasteiger partial charge in [-0.3, -0.25) is 5.43 Å². The summed E-state index contributed by atoms with van der Waals surface area (Å²) in [5.74, 6) is 0.250. The number of hydrogen-bond acceptors (Lipinski definition) is 4. The highest BCUT2D eigenvalue weighted by atomic mass is 35.5. The number of thiocarbonyl (C=S) groups is 1. The Morgan fingerprint density at radius 3 is 2.85 bits per heavy atom. The minimum Gasteiger partial charge on any atom is -0.503 e. The third-order valence-electron chi connectivity index (χ3n) is 2.15. The van der Waals surface area contributed by atoms with Gasteiger partial charge in [-0.2, -0.15) is 5.10 Å². The smallest absolute Gasteiger partial charge is 0.187 e. The molecule has 1 aromatic rings. The van der Waals surface area contributed by atoms with Crippen LogP contribution in [-0.4, -0.2) is 29.1 Å². The van der Waals surface area contributed by atoms with Crippen molar-refractivity contribution in [2.45, 2.75) is 26.8 Å². The van der Waals surface area contributed by atoms with Crippen molar-refractivity contribution in [3.63, 3.8) is 0 Å². The Bertz CT molecular complexity index is 507. The van der Waals surface area contributed by atoms with E-state index in [2.05, 4.69) is 15.8 Å². The molecule has 0 aromatic heterocycles. The number of nitrogens with zero attached hydrogens (tertiary/aromatic N) is 1. The van der Waals surface area contributed by atoms with Crippen molar-refractivity contribution in [3.8, 4) is 11.5 Å². The first kappa shape index (κ1) is 16.5. The third-order valence-corrected chi connectivity index (χ3v) is 2.65. The zero-order valence-electron chi connectivity index (χ0n) is 11.6. The first-order chi connectivity index (χ1) is 9.43. The first-order valence-electron chi connectivity index (χ1n) is 6.19. The van der Waals surface area contributed by atoms with Crippen LogP contribution >= 0.6 is 23.8 Å². The molecular weight excluding hydrogens is 298 g/mol. The predicted molar refractivity (Wildman–Crippen MR) is 85.9 cm³/mol. The van der Waals surface area contributed by atoms with Crippen molar-refractivity contribution >= 4 is 35.1 Å². The summed E-state index contributed by atoms with van der Waals surface area (Å²) in [6, 6.07) is 3.47. The maximum Gasteiger partial charge on any atom is 0.187 e. The largest absolute Gasteiger partial charge is 0.503 e. The summed E-state index contributed by atoms with van der Waals surface area (Å²) in [5, 5.41) is 17.4. The SMILES string of the molecule is CCOc1cc(/C=N/NC(=S)NC(C)C)cc(Cl)c1O. The van der Waals surface area contributed by atoms with E-state index in [-0.39, 0.29) is 16.8 Å². The van der Waals surface area contributed by atoms with Gasteiger partial charge in [0.15, 0.2) is 16.6 Å². The molecule has 0 unspecified atom stereocenters. The topological polar surface area (TPSA) is 65.9 Å². The van der Waals surface area contributed by atoms with E-state index in [4.69, 9.17) is 28.6 Å². The number of phenols is 1. The molecule has 1 aromatic carbocycles. The molecule has 0 fully saturated rings. The van der Waals surface area contributed by atoms with Gasteiger partial charge in [0.1, 0.15) is 0 Å². The van der Waals surface area contributed by atoms with Crippen LogP contribution < -0.4 is 15.5 Å². The van der Waals surface area contributed by atoms with Crippen LogP contribution in [0.3, 0.4) is 0 Å². The van der Waals surface area contributed by atoms with Gasteiger partial charge in [-0.05, 0) is 50.7 Å². The second kappa shape index (κ2) is 7.91. The van der Waals surface area contributed by atoms with E-state index in [1.807, 2.05) is 20.8 Å². The minimum atomic E-state index is -0.0735. The molecule has 0 spiro atoms. The van der Waals surface area contributed by atoms with E-state index in [0.29, 0.717) is 23.0 Å². The predicted octanol–water partition coefficient (Wildman–Crippen LogP) is 2.65. The maximum atomic E-state index is 9.72. The molecule has 1 rings (SSSR count). The fourth-order valence-corrected chi connectivity index (χ4v) is 1.90. The average Bonchev–Trinajstić information content (AvgIpc) is 2.34. The number of phenolic OH excluding ortho intramolecular Hbond substituents is 1. The normalized spacial score (nSPS) is 10.8. The van der Waals surface area contributed by atoms with E-state index in [1.165, 1.54) is 0 Å². The summed E-state index contributed by atoms with van der Waals surface area (Å²) in [7, 11) is 0. The molecule has 0 aliphatic rings. The Labute approximate surface area is 129 Å². The molecule has 0 amide bonds. The molecule has 0 aliphatic carbocycles. The standard InChI is InChI=1S/C13H18ClN3O2S/c1-4-19-11-6-9(5-10(14)12(11)18)7-15-17-13(20)16-8(2)3/h5-8,18H,4H2,1-3H3,(H2,16,17,20)/b15-7+. The Balaban J connectivity index is 2.75. The highest BCUT2D eigenvalue weighted by molar-refractivity contribution is 7.80. The molecular formula is C13H18ClN3O2S. The van der Waals surface area contributed by atoms with E-state index in [0.717, 1.165) is 0 Å². The maximum absolute atomic E-state index is 9.72. The summed E-state index contributed by atoms with van der Waals surface area (Å²) in [6.45, 7) is 6.22. The lowest BCUT2D eigenvalue weighted by Gasteiger charge is -2.10. The third kappa shape index (κ3) is 5.22. The summed E-state index contributed by atoms with van der Waals surface area (Å²) in [5.41, 5.74) is 3.38. The number of nitrogens with one attached hydrogen (secondary N) is 2. The zero-order valence-corrected chi connectivity index (χ0v) is 13.2. The lowest BCUT2D eigenvalue weighted by molar-refractivity contribution is 0.318. The van der Waals surface area contributed by atoms with Crippen LogP contribution in [0.1, 0.15) is 26.3 Å². The molecule has 7 heteroatoms. The van der Waals surface area contributed by atoms with Gasteiger partial charge in [0.25, 0.3) is 0 Å². The quantitative estimate of drug-likeness (QED) is 0.443. The van der Waals surface area contributed by atoms with Gasteiger partial charge >= 0.3 is 0 Å². The molecule has 0 bridgehead atoms. The number of halogens is 1. The van der Waals surface area contributed by atoms with E-state index >= 15 is 0 Å². The monoisotopic (exact) mass is 315 g/mol. The summed E-state index contributed by atoms with van der Waals surface area (Å²) in [4.78, 5) is 0. The number of aromatic hydroxyl groups is 1. The van der Waals surface area contributed by atoms with Crippen LogP contribution in [-0.2, 0) is 0 Å². The second-order valence-corrected chi connectivity index (χ2v) is 5.10. The second-order valence-electron chi connectivity index (χ2n) is 4.28. The van der Waals surface area contributed by atoms with Crippen molar-refractivity contribution < 1.29 is 9.84 Å². The molecule has 0 heterocycles. The minimum absolute atomic E-state index is 0.0735. The van der Waals surface area contributed by atoms with E-state index in [9.17, 15) is 5.11 Å². The lowest BCUT2D eigenvalue weighted by atomic mass is 10.2. The lowest BCUT2D eigenvalue weighted by Crippen LogP contribution is -2.36. The molecule has 20 heavy (non-hydrogen) atoms. The van der Waals surface area contributed by atoms with Crippen molar-refractivity contribution in [2.75, 3.05) is 6.61 Å². The number of rotatable bonds is 5. The summed E-state index contributed by atoms with van der Waals surface area (Å²) in [6.07, 6.45) is 1.54. The van der Waals surface area contributed by atoms with Gasteiger partial charge in [0.05, 0.1) is 17.8 Å². The molecule has 5 nitrogen and oxygen atoms in total. The Hall–Kier alpha value is -1.53.